The van der Waals surface area contributed by atoms with E-state index in [-0.39, 0.29) is 11.7 Å². The SMILES string of the molecule is CC(=O)Nc1cccc(-c2cnc3cc(-c4ccc(F)cc4)ccn23)c1. The summed E-state index contributed by atoms with van der Waals surface area (Å²) in [5.41, 5.74) is 5.34. The Morgan fingerprint density at radius 1 is 1.00 bits per heavy atom. The number of hydrogen-bond acceptors (Lipinski definition) is 2. The van der Waals surface area contributed by atoms with Gasteiger partial charge in [-0.3, -0.25) is 9.20 Å². The molecule has 0 aliphatic heterocycles. The van der Waals surface area contributed by atoms with E-state index in [1.54, 1.807) is 18.3 Å². The molecule has 5 heteroatoms. The summed E-state index contributed by atoms with van der Waals surface area (Å²) >= 11 is 0. The summed E-state index contributed by atoms with van der Waals surface area (Å²) in [5, 5.41) is 2.79. The molecule has 0 spiro atoms. The van der Waals surface area contributed by atoms with Crippen LogP contribution in [0.1, 0.15) is 6.92 Å². The molecule has 0 aliphatic rings. The summed E-state index contributed by atoms with van der Waals surface area (Å²) in [6.45, 7) is 1.48. The van der Waals surface area contributed by atoms with Gasteiger partial charge in [0.2, 0.25) is 5.91 Å². The average Bonchev–Trinajstić information content (AvgIpc) is 3.05. The Bertz CT molecular complexity index is 1100. The second kappa shape index (κ2) is 6.44. The molecule has 0 aliphatic carbocycles. The van der Waals surface area contributed by atoms with Crippen molar-refractivity contribution >= 4 is 17.2 Å². The number of benzene rings is 2. The van der Waals surface area contributed by atoms with Crippen molar-refractivity contribution in [2.45, 2.75) is 6.92 Å². The first-order chi connectivity index (χ1) is 12.6. The van der Waals surface area contributed by atoms with Crippen molar-refractivity contribution in [3.8, 4) is 22.4 Å². The number of carbonyl (C=O) groups excluding carboxylic acids is 1. The Balaban J connectivity index is 1.74. The number of nitrogens with zero attached hydrogens (tertiary/aromatic N) is 2. The molecular weight excluding hydrogens is 329 g/mol. The van der Waals surface area contributed by atoms with Gasteiger partial charge in [0.15, 0.2) is 0 Å². The topological polar surface area (TPSA) is 46.4 Å². The third-order valence-electron chi connectivity index (χ3n) is 4.17. The normalized spacial score (nSPS) is 10.8. The van der Waals surface area contributed by atoms with E-state index in [1.807, 2.05) is 47.0 Å². The van der Waals surface area contributed by atoms with E-state index >= 15 is 0 Å². The summed E-state index contributed by atoms with van der Waals surface area (Å²) in [6, 6.07) is 18.0. The number of rotatable bonds is 3. The van der Waals surface area contributed by atoms with Crippen LogP contribution >= 0.6 is 0 Å². The molecule has 0 saturated carbocycles. The molecule has 2 aromatic heterocycles. The molecule has 0 fully saturated rings. The molecule has 1 amide bonds. The summed E-state index contributed by atoms with van der Waals surface area (Å²) in [5.74, 6) is -0.360. The van der Waals surface area contributed by atoms with Crippen LogP contribution in [0.15, 0.2) is 73.1 Å². The number of anilines is 1. The van der Waals surface area contributed by atoms with Gasteiger partial charge in [0.05, 0.1) is 11.9 Å². The largest absolute Gasteiger partial charge is 0.326 e. The van der Waals surface area contributed by atoms with Crippen molar-refractivity contribution in [1.82, 2.24) is 9.38 Å². The molecule has 26 heavy (non-hydrogen) atoms. The Morgan fingerprint density at radius 3 is 2.58 bits per heavy atom. The average molecular weight is 345 g/mol. The zero-order valence-electron chi connectivity index (χ0n) is 14.1. The third-order valence-corrected chi connectivity index (χ3v) is 4.17. The van der Waals surface area contributed by atoms with Gasteiger partial charge in [-0.1, -0.05) is 24.3 Å². The number of carbonyl (C=O) groups is 1. The van der Waals surface area contributed by atoms with Gasteiger partial charge in [-0.05, 0) is 47.5 Å². The van der Waals surface area contributed by atoms with Gasteiger partial charge >= 0.3 is 0 Å². The van der Waals surface area contributed by atoms with Crippen molar-refractivity contribution in [3.63, 3.8) is 0 Å². The molecule has 0 atom stereocenters. The highest BCUT2D eigenvalue weighted by Crippen LogP contribution is 2.26. The van der Waals surface area contributed by atoms with E-state index in [4.69, 9.17) is 0 Å². The van der Waals surface area contributed by atoms with Crippen LogP contribution in [0.3, 0.4) is 0 Å². The number of fused-ring (bicyclic) bond motifs is 1. The van der Waals surface area contributed by atoms with Crippen LogP contribution in [0.25, 0.3) is 28.0 Å². The predicted molar refractivity (Wildman–Crippen MR) is 100 cm³/mol. The van der Waals surface area contributed by atoms with Gasteiger partial charge < -0.3 is 5.32 Å². The van der Waals surface area contributed by atoms with E-state index in [1.165, 1.54) is 19.1 Å². The highest BCUT2D eigenvalue weighted by molar-refractivity contribution is 5.89. The number of pyridine rings is 1. The van der Waals surface area contributed by atoms with Crippen molar-refractivity contribution < 1.29 is 9.18 Å². The second-order valence-corrected chi connectivity index (χ2v) is 6.06. The molecule has 4 nitrogen and oxygen atoms in total. The van der Waals surface area contributed by atoms with Gasteiger partial charge in [0.25, 0.3) is 0 Å². The molecule has 4 rings (SSSR count). The Morgan fingerprint density at radius 2 is 1.81 bits per heavy atom. The van der Waals surface area contributed by atoms with Gasteiger partial charge in [-0.15, -0.1) is 0 Å². The fraction of sp³-hybridized carbons (Fsp3) is 0.0476. The number of aromatic nitrogens is 2. The maximum atomic E-state index is 13.1. The molecule has 4 aromatic rings. The quantitative estimate of drug-likeness (QED) is 0.581. The van der Waals surface area contributed by atoms with Crippen molar-refractivity contribution in [2.24, 2.45) is 0 Å². The van der Waals surface area contributed by atoms with Crippen LogP contribution in [0.4, 0.5) is 10.1 Å². The zero-order valence-corrected chi connectivity index (χ0v) is 14.1. The number of hydrogen-bond donors (Lipinski definition) is 1. The number of imidazole rings is 1. The van der Waals surface area contributed by atoms with Gasteiger partial charge in [0, 0.05) is 24.4 Å². The monoisotopic (exact) mass is 345 g/mol. The van der Waals surface area contributed by atoms with Crippen LogP contribution in [0.5, 0.6) is 0 Å². The summed E-state index contributed by atoms with van der Waals surface area (Å²) in [6.07, 6.45) is 3.75. The van der Waals surface area contributed by atoms with E-state index < -0.39 is 0 Å². The van der Waals surface area contributed by atoms with Gasteiger partial charge in [-0.2, -0.15) is 0 Å². The number of nitrogens with one attached hydrogen (secondary N) is 1. The van der Waals surface area contributed by atoms with Crippen LogP contribution in [-0.4, -0.2) is 15.3 Å². The molecule has 2 heterocycles. The summed E-state index contributed by atoms with van der Waals surface area (Å²) in [4.78, 5) is 15.8. The maximum Gasteiger partial charge on any atom is 0.221 e. The van der Waals surface area contributed by atoms with E-state index in [0.29, 0.717) is 0 Å². The third kappa shape index (κ3) is 3.07. The first kappa shape index (κ1) is 16.0. The fourth-order valence-corrected chi connectivity index (χ4v) is 2.98. The zero-order chi connectivity index (χ0) is 18.1. The van der Waals surface area contributed by atoms with Crippen molar-refractivity contribution in [3.05, 3.63) is 78.9 Å². The molecule has 0 unspecified atom stereocenters. The lowest BCUT2D eigenvalue weighted by atomic mass is 10.1. The molecule has 0 saturated heterocycles. The highest BCUT2D eigenvalue weighted by atomic mass is 19.1. The molecule has 2 aromatic carbocycles. The van der Waals surface area contributed by atoms with Crippen LogP contribution < -0.4 is 5.32 Å². The highest BCUT2D eigenvalue weighted by Gasteiger charge is 2.08. The van der Waals surface area contributed by atoms with Crippen molar-refractivity contribution in [1.29, 1.82) is 0 Å². The minimum atomic E-state index is -0.253. The first-order valence-electron chi connectivity index (χ1n) is 8.21. The lowest BCUT2D eigenvalue weighted by Crippen LogP contribution is -2.05. The maximum absolute atomic E-state index is 13.1. The Labute approximate surface area is 149 Å². The standard InChI is InChI=1S/C21H16FN3O/c1-14(26)24-19-4-2-3-17(11-19)20-13-23-21-12-16(9-10-25(20)21)15-5-7-18(22)8-6-15/h2-13H,1H3,(H,24,26). The first-order valence-corrected chi connectivity index (χ1v) is 8.21. The Hall–Kier alpha value is -3.47. The van der Waals surface area contributed by atoms with E-state index in [0.717, 1.165) is 33.7 Å². The Kier molecular flexibility index (Phi) is 3.97. The van der Waals surface area contributed by atoms with Crippen LogP contribution in [0.2, 0.25) is 0 Å². The summed E-state index contributed by atoms with van der Waals surface area (Å²) in [7, 11) is 0. The minimum absolute atomic E-state index is 0.107. The van der Waals surface area contributed by atoms with Crippen molar-refractivity contribution in [2.75, 3.05) is 5.32 Å². The molecule has 0 radical (unpaired) electrons. The molecule has 0 bridgehead atoms. The van der Waals surface area contributed by atoms with Crippen LogP contribution in [-0.2, 0) is 4.79 Å². The lowest BCUT2D eigenvalue weighted by Gasteiger charge is -2.07. The van der Waals surface area contributed by atoms with E-state index in [2.05, 4.69) is 10.3 Å². The van der Waals surface area contributed by atoms with Gasteiger partial charge in [0.1, 0.15) is 11.5 Å². The molecule has 1 N–H and O–H groups in total. The minimum Gasteiger partial charge on any atom is -0.326 e. The molecular formula is C21H16FN3O. The number of halogens is 1. The lowest BCUT2D eigenvalue weighted by molar-refractivity contribution is -0.114. The second-order valence-electron chi connectivity index (χ2n) is 6.06. The smallest absolute Gasteiger partial charge is 0.221 e. The fourth-order valence-electron chi connectivity index (χ4n) is 2.98. The number of amides is 1. The summed E-state index contributed by atoms with van der Waals surface area (Å²) < 4.78 is 15.1. The van der Waals surface area contributed by atoms with Gasteiger partial charge in [-0.25, -0.2) is 9.37 Å². The molecule has 128 valence electrons. The van der Waals surface area contributed by atoms with E-state index in [9.17, 15) is 9.18 Å². The van der Waals surface area contributed by atoms with Crippen LogP contribution in [0, 0.1) is 5.82 Å². The predicted octanol–water partition coefficient (Wildman–Crippen LogP) is 4.77.